The van der Waals surface area contributed by atoms with Gasteiger partial charge in [-0.25, -0.2) is 4.79 Å². The Balaban J connectivity index is 3.76. The maximum atomic E-state index is 11.3. The van der Waals surface area contributed by atoms with Crippen LogP contribution in [0.2, 0.25) is 0 Å². The third-order valence-electron chi connectivity index (χ3n) is 2.02. The summed E-state index contributed by atoms with van der Waals surface area (Å²) >= 11 is 0. The summed E-state index contributed by atoms with van der Waals surface area (Å²) in [5.74, 6) is 2.11. The number of hydrogen-bond donors (Lipinski definition) is 2. The Morgan fingerprint density at radius 3 is 2.53 bits per heavy atom. The molecule has 19 heavy (non-hydrogen) atoms. The lowest BCUT2D eigenvalue weighted by Gasteiger charge is -2.19. The van der Waals surface area contributed by atoms with E-state index in [-0.39, 0.29) is 5.78 Å². The van der Waals surface area contributed by atoms with Gasteiger partial charge in [-0.05, 0) is 39.8 Å². The molecule has 0 radical (unpaired) electrons. The van der Waals surface area contributed by atoms with Crippen molar-refractivity contribution in [3.05, 3.63) is 12.7 Å². The minimum atomic E-state index is -0.654. The van der Waals surface area contributed by atoms with E-state index in [0.717, 1.165) is 0 Å². The summed E-state index contributed by atoms with van der Waals surface area (Å²) in [6.45, 7) is 9.73. The first-order chi connectivity index (χ1) is 8.80. The number of ether oxygens (including phenoxy) is 1. The zero-order chi connectivity index (χ0) is 14.9. The van der Waals surface area contributed by atoms with Gasteiger partial charge in [0, 0.05) is 6.54 Å². The monoisotopic (exact) mass is 266 g/mol. The fourth-order valence-corrected chi connectivity index (χ4v) is 1.20. The standard InChI is InChI=1S/C14H22N2O3/c1-6-11(12(17)7-2)15-9-8-10-16-13(18)19-14(3,4)5/h1,7,11,15H,2,8-10H2,3-5H3,(H,16,18). The molecule has 0 aliphatic heterocycles. The quantitative estimate of drug-likeness (QED) is 0.413. The van der Waals surface area contributed by atoms with Gasteiger partial charge in [0.05, 0.1) is 0 Å². The van der Waals surface area contributed by atoms with Gasteiger partial charge in [-0.2, -0.15) is 0 Å². The summed E-state index contributed by atoms with van der Waals surface area (Å²) in [4.78, 5) is 22.6. The van der Waals surface area contributed by atoms with E-state index in [4.69, 9.17) is 11.2 Å². The van der Waals surface area contributed by atoms with Crippen LogP contribution < -0.4 is 10.6 Å². The van der Waals surface area contributed by atoms with Crippen molar-refractivity contribution in [3.8, 4) is 12.3 Å². The number of nitrogens with one attached hydrogen (secondary N) is 2. The number of hydrogen-bond acceptors (Lipinski definition) is 4. The van der Waals surface area contributed by atoms with Crippen molar-refractivity contribution < 1.29 is 14.3 Å². The Hall–Kier alpha value is -1.80. The van der Waals surface area contributed by atoms with Gasteiger partial charge >= 0.3 is 6.09 Å². The van der Waals surface area contributed by atoms with E-state index < -0.39 is 17.7 Å². The smallest absolute Gasteiger partial charge is 0.407 e. The van der Waals surface area contributed by atoms with Crippen LogP contribution in [-0.4, -0.2) is 36.6 Å². The number of rotatable bonds is 7. The Morgan fingerprint density at radius 2 is 2.05 bits per heavy atom. The minimum absolute atomic E-state index is 0.234. The Kier molecular flexibility index (Phi) is 7.54. The van der Waals surface area contributed by atoms with Crippen molar-refractivity contribution in [1.82, 2.24) is 10.6 Å². The van der Waals surface area contributed by atoms with Crippen LogP contribution in [0.4, 0.5) is 4.79 Å². The topological polar surface area (TPSA) is 67.4 Å². The summed E-state index contributed by atoms with van der Waals surface area (Å²) in [5.41, 5.74) is -0.507. The molecule has 0 aromatic carbocycles. The molecular formula is C14H22N2O3. The largest absolute Gasteiger partial charge is 0.444 e. The molecular weight excluding hydrogens is 244 g/mol. The predicted octanol–water partition coefficient (Wildman–Crippen LogP) is 1.25. The second-order valence-electron chi connectivity index (χ2n) is 4.94. The first-order valence-corrected chi connectivity index (χ1v) is 6.13. The molecule has 0 aliphatic rings. The van der Waals surface area contributed by atoms with E-state index in [1.54, 1.807) is 20.8 Å². The third-order valence-corrected chi connectivity index (χ3v) is 2.02. The fourth-order valence-electron chi connectivity index (χ4n) is 1.20. The average molecular weight is 266 g/mol. The van der Waals surface area contributed by atoms with E-state index >= 15 is 0 Å². The van der Waals surface area contributed by atoms with Gasteiger partial charge in [0.25, 0.3) is 0 Å². The lowest BCUT2D eigenvalue weighted by atomic mass is 10.2. The van der Waals surface area contributed by atoms with Gasteiger partial charge in [0.15, 0.2) is 5.78 Å². The van der Waals surface area contributed by atoms with Crippen LogP contribution in [0, 0.1) is 12.3 Å². The molecule has 2 N–H and O–H groups in total. The molecule has 5 nitrogen and oxygen atoms in total. The maximum Gasteiger partial charge on any atom is 0.407 e. The summed E-state index contributed by atoms with van der Waals surface area (Å²) < 4.78 is 5.07. The van der Waals surface area contributed by atoms with Gasteiger partial charge < -0.3 is 10.1 Å². The van der Waals surface area contributed by atoms with Gasteiger partial charge in [-0.15, -0.1) is 6.42 Å². The van der Waals surface area contributed by atoms with Crippen molar-refractivity contribution in [2.75, 3.05) is 13.1 Å². The number of alkyl carbamates (subject to hydrolysis) is 1. The number of amides is 1. The van der Waals surface area contributed by atoms with Gasteiger partial charge in [0.2, 0.25) is 0 Å². The van der Waals surface area contributed by atoms with Crippen LogP contribution in [0.1, 0.15) is 27.2 Å². The molecule has 0 heterocycles. The highest BCUT2D eigenvalue weighted by Gasteiger charge is 2.15. The molecule has 0 fully saturated rings. The zero-order valence-corrected chi connectivity index (χ0v) is 11.8. The van der Waals surface area contributed by atoms with E-state index in [2.05, 4.69) is 23.1 Å². The first kappa shape index (κ1) is 17.2. The molecule has 0 rings (SSSR count). The SMILES string of the molecule is C#CC(NCCCNC(=O)OC(C)(C)C)C(=O)C=C. The second kappa shape index (κ2) is 8.33. The lowest BCUT2D eigenvalue weighted by molar-refractivity contribution is -0.115. The maximum absolute atomic E-state index is 11.3. The number of ketones is 1. The number of carbonyl (C=O) groups excluding carboxylic acids is 2. The predicted molar refractivity (Wildman–Crippen MR) is 74.7 cm³/mol. The molecule has 0 bridgehead atoms. The second-order valence-corrected chi connectivity index (χ2v) is 4.94. The van der Waals surface area contributed by atoms with Gasteiger partial charge in [0.1, 0.15) is 11.6 Å². The fraction of sp³-hybridized carbons (Fsp3) is 0.571. The van der Waals surface area contributed by atoms with Crippen molar-refractivity contribution in [3.63, 3.8) is 0 Å². The van der Waals surface area contributed by atoms with Gasteiger partial charge in [-0.1, -0.05) is 12.5 Å². The summed E-state index contributed by atoms with van der Waals surface area (Å²) in [6.07, 6.45) is 6.59. The van der Waals surface area contributed by atoms with E-state index in [0.29, 0.717) is 19.5 Å². The Morgan fingerprint density at radius 1 is 1.42 bits per heavy atom. The first-order valence-electron chi connectivity index (χ1n) is 6.13. The molecule has 0 aromatic rings. The van der Waals surface area contributed by atoms with Gasteiger partial charge in [-0.3, -0.25) is 10.1 Å². The molecule has 0 aliphatic carbocycles. The Labute approximate surface area is 114 Å². The molecule has 1 amide bonds. The zero-order valence-electron chi connectivity index (χ0n) is 11.8. The van der Waals surface area contributed by atoms with Crippen molar-refractivity contribution in [1.29, 1.82) is 0 Å². The van der Waals surface area contributed by atoms with Crippen molar-refractivity contribution >= 4 is 11.9 Å². The lowest BCUT2D eigenvalue weighted by Crippen LogP contribution is -2.37. The van der Waals surface area contributed by atoms with Crippen LogP contribution >= 0.6 is 0 Å². The van der Waals surface area contributed by atoms with E-state index in [1.165, 1.54) is 6.08 Å². The number of terminal acetylenes is 1. The molecule has 0 saturated heterocycles. The normalized spacial score (nSPS) is 12.1. The van der Waals surface area contributed by atoms with Crippen molar-refractivity contribution in [2.24, 2.45) is 0 Å². The van der Waals surface area contributed by atoms with E-state index in [9.17, 15) is 9.59 Å². The van der Waals surface area contributed by atoms with Crippen LogP contribution in [0.25, 0.3) is 0 Å². The summed E-state index contributed by atoms with van der Waals surface area (Å²) in [7, 11) is 0. The highest BCUT2D eigenvalue weighted by Crippen LogP contribution is 2.06. The average Bonchev–Trinajstić information content (AvgIpc) is 2.30. The van der Waals surface area contributed by atoms with Crippen LogP contribution in [0.15, 0.2) is 12.7 Å². The van der Waals surface area contributed by atoms with E-state index in [1.807, 2.05) is 0 Å². The van der Waals surface area contributed by atoms with Crippen LogP contribution in [0.3, 0.4) is 0 Å². The molecule has 1 unspecified atom stereocenters. The van der Waals surface area contributed by atoms with Crippen molar-refractivity contribution in [2.45, 2.75) is 38.8 Å². The molecule has 0 spiro atoms. The van der Waals surface area contributed by atoms with Crippen LogP contribution in [0.5, 0.6) is 0 Å². The minimum Gasteiger partial charge on any atom is -0.444 e. The molecule has 0 saturated carbocycles. The molecule has 1 atom stereocenters. The number of carbonyl (C=O) groups is 2. The summed E-state index contributed by atoms with van der Waals surface area (Å²) in [6, 6.07) is -0.654. The molecule has 0 aromatic heterocycles. The highest BCUT2D eigenvalue weighted by molar-refractivity contribution is 5.96. The molecule has 5 heteroatoms. The summed E-state index contributed by atoms with van der Waals surface area (Å²) in [5, 5.41) is 5.51. The third kappa shape index (κ3) is 8.86. The van der Waals surface area contributed by atoms with Crippen LogP contribution in [-0.2, 0) is 9.53 Å². The highest BCUT2D eigenvalue weighted by atomic mass is 16.6. The molecule has 106 valence electrons. The Bertz CT molecular complexity index is 364.